The van der Waals surface area contributed by atoms with Crippen LogP contribution in [0.15, 0.2) is 22.7 Å². The Morgan fingerprint density at radius 1 is 1.35 bits per heavy atom. The molecule has 1 fully saturated rings. The molecule has 112 valence electrons. The largest absolute Gasteiger partial charge is 0.573 e. The monoisotopic (exact) mass is 351 g/mol. The predicted octanol–water partition coefficient (Wildman–Crippen LogP) is 5.34. The van der Waals surface area contributed by atoms with Crippen molar-refractivity contribution >= 4 is 21.6 Å². The highest BCUT2D eigenvalue weighted by Gasteiger charge is 2.32. The summed E-state index contributed by atoms with van der Waals surface area (Å²) >= 11 is 3.11. The Balaban J connectivity index is 1.99. The molecule has 0 radical (unpaired) electrons. The van der Waals surface area contributed by atoms with Gasteiger partial charge in [-0.2, -0.15) is 0 Å². The lowest BCUT2D eigenvalue weighted by Crippen LogP contribution is -2.18. The fourth-order valence-corrected chi connectivity index (χ4v) is 3.07. The first-order valence-corrected chi connectivity index (χ1v) is 7.48. The zero-order valence-corrected chi connectivity index (χ0v) is 12.7. The molecule has 2 rings (SSSR count). The Kier molecular flexibility index (Phi) is 4.83. The van der Waals surface area contributed by atoms with Crippen molar-refractivity contribution in [1.29, 1.82) is 0 Å². The number of halogens is 4. The van der Waals surface area contributed by atoms with Gasteiger partial charge in [0.25, 0.3) is 0 Å². The van der Waals surface area contributed by atoms with E-state index in [-0.39, 0.29) is 5.75 Å². The number of ether oxygens (including phenoxy) is 1. The Bertz CT molecular complexity index is 464. The van der Waals surface area contributed by atoms with Crippen molar-refractivity contribution in [3.8, 4) is 5.75 Å². The third kappa shape index (κ3) is 4.30. The van der Waals surface area contributed by atoms with Crippen molar-refractivity contribution in [3.05, 3.63) is 22.7 Å². The average Bonchev–Trinajstić information content (AvgIpc) is 2.79. The molecule has 0 aliphatic heterocycles. The molecule has 0 bridgehead atoms. The summed E-state index contributed by atoms with van der Waals surface area (Å²) in [4.78, 5) is 0. The highest BCUT2D eigenvalue weighted by Crippen LogP contribution is 2.34. The maximum absolute atomic E-state index is 12.2. The van der Waals surface area contributed by atoms with E-state index >= 15 is 0 Å². The van der Waals surface area contributed by atoms with Gasteiger partial charge in [-0.25, -0.2) is 0 Å². The Labute approximate surface area is 124 Å². The normalized spacial score (nSPS) is 22.9. The number of alkyl halides is 3. The van der Waals surface area contributed by atoms with Gasteiger partial charge in [0.15, 0.2) is 0 Å². The smallest absolute Gasteiger partial charge is 0.405 e. The molecule has 6 heteroatoms. The molecule has 0 saturated heterocycles. The van der Waals surface area contributed by atoms with Crippen LogP contribution in [0.5, 0.6) is 5.75 Å². The third-order valence-corrected chi connectivity index (χ3v) is 4.27. The highest BCUT2D eigenvalue weighted by atomic mass is 79.9. The molecule has 2 atom stereocenters. The summed E-state index contributed by atoms with van der Waals surface area (Å²) in [5.41, 5.74) is 0.813. The Hall–Kier alpha value is -0.910. The van der Waals surface area contributed by atoms with E-state index in [1.807, 2.05) is 0 Å². The predicted molar refractivity (Wildman–Crippen MR) is 75.9 cm³/mol. The zero-order valence-electron chi connectivity index (χ0n) is 11.1. The number of nitrogens with one attached hydrogen (secondary N) is 1. The fraction of sp³-hybridized carbons (Fsp3) is 0.571. The van der Waals surface area contributed by atoms with Crippen LogP contribution >= 0.6 is 15.9 Å². The zero-order chi connectivity index (χ0) is 14.8. The Morgan fingerprint density at radius 3 is 2.65 bits per heavy atom. The number of anilines is 1. The molecule has 0 heterocycles. The summed E-state index contributed by atoms with van der Waals surface area (Å²) < 4.78 is 40.7. The second-order valence-electron chi connectivity index (χ2n) is 5.12. The van der Waals surface area contributed by atoms with Gasteiger partial charge in [0.05, 0.1) is 4.47 Å². The van der Waals surface area contributed by atoms with Crippen molar-refractivity contribution in [3.63, 3.8) is 0 Å². The lowest BCUT2D eigenvalue weighted by atomic mass is 10.1. The minimum absolute atomic E-state index is 0.221. The van der Waals surface area contributed by atoms with Crippen molar-refractivity contribution in [2.75, 3.05) is 5.32 Å². The van der Waals surface area contributed by atoms with E-state index in [0.29, 0.717) is 10.5 Å². The maximum atomic E-state index is 12.2. The summed E-state index contributed by atoms with van der Waals surface area (Å²) in [6, 6.07) is 4.97. The second kappa shape index (κ2) is 6.24. The first kappa shape index (κ1) is 15.5. The highest BCUT2D eigenvalue weighted by molar-refractivity contribution is 9.10. The maximum Gasteiger partial charge on any atom is 0.573 e. The molecule has 1 saturated carbocycles. The number of hydrogen-bond donors (Lipinski definition) is 1. The fourth-order valence-electron chi connectivity index (χ4n) is 2.61. The molecule has 0 amide bonds. The molecular weight excluding hydrogens is 335 g/mol. The van der Waals surface area contributed by atoms with Crippen LogP contribution in [0.1, 0.15) is 32.6 Å². The molecule has 1 aliphatic carbocycles. The van der Waals surface area contributed by atoms with E-state index in [1.165, 1.54) is 18.9 Å². The molecular formula is C14H17BrF3NO. The molecule has 1 aromatic rings. The minimum Gasteiger partial charge on any atom is -0.405 e. The van der Waals surface area contributed by atoms with Crippen LogP contribution in [-0.4, -0.2) is 12.4 Å². The van der Waals surface area contributed by atoms with Crippen LogP contribution in [0.25, 0.3) is 0 Å². The van der Waals surface area contributed by atoms with Crippen LogP contribution in [0, 0.1) is 5.92 Å². The molecule has 0 aromatic heterocycles. The molecule has 1 aromatic carbocycles. The van der Waals surface area contributed by atoms with E-state index in [9.17, 15) is 13.2 Å². The van der Waals surface area contributed by atoms with Gasteiger partial charge in [-0.15, -0.1) is 13.2 Å². The van der Waals surface area contributed by atoms with Gasteiger partial charge in [-0.3, -0.25) is 0 Å². The van der Waals surface area contributed by atoms with Crippen molar-refractivity contribution in [1.82, 2.24) is 0 Å². The van der Waals surface area contributed by atoms with Gasteiger partial charge in [0.2, 0.25) is 0 Å². The van der Waals surface area contributed by atoms with E-state index in [0.717, 1.165) is 24.4 Å². The van der Waals surface area contributed by atoms with Crippen molar-refractivity contribution in [2.24, 2.45) is 5.92 Å². The standard InChI is InChI=1S/C14H17BrF3NO/c1-2-9-3-4-10(7-9)19-11-5-6-13(12(15)8-11)20-14(16,17)18/h5-6,8-10,19H,2-4,7H2,1H3. The topological polar surface area (TPSA) is 21.3 Å². The van der Waals surface area contributed by atoms with Crippen LogP contribution in [0.4, 0.5) is 18.9 Å². The van der Waals surface area contributed by atoms with E-state index < -0.39 is 6.36 Å². The van der Waals surface area contributed by atoms with E-state index in [1.54, 1.807) is 12.1 Å². The molecule has 20 heavy (non-hydrogen) atoms. The van der Waals surface area contributed by atoms with Crippen LogP contribution in [-0.2, 0) is 0 Å². The summed E-state index contributed by atoms with van der Waals surface area (Å²) in [7, 11) is 0. The molecule has 2 nitrogen and oxygen atoms in total. The summed E-state index contributed by atoms with van der Waals surface area (Å²) in [6.07, 6.45) is -0.0477. The number of rotatable bonds is 4. The molecule has 1 N–H and O–H groups in total. The van der Waals surface area contributed by atoms with Gasteiger partial charge in [-0.05, 0) is 59.3 Å². The minimum atomic E-state index is -4.67. The van der Waals surface area contributed by atoms with Crippen LogP contribution in [0.2, 0.25) is 0 Å². The first-order valence-electron chi connectivity index (χ1n) is 6.69. The van der Waals surface area contributed by atoms with Crippen molar-refractivity contribution < 1.29 is 17.9 Å². The summed E-state index contributed by atoms with van der Waals surface area (Å²) in [5.74, 6) is 0.532. The van der Waals surface area contributed by atoms with E-state index in [2.05, 4.69) is 32.9 Å². The van der Waals surface area contributed by atoms with Gasteiger partial charge >= 0.3 is 6.36 Å². The quantitative estimate of drug-likeness (QED) is 0.790. The molecule has 2 unspecified atom stereocenters. The van der Waals surface area contributed by atoms with Crippen molar-refractivity contribution in [2.45, 2.75) is 45.0 Å². The lowest BCUT2D eigenvalue weighted by Gasteiger charge is -2.16. The van der Waals surface area contributed by atoms with Gasteiger partial charge < -0.3 is 10.1 Å². The summed E-state index contributed by atoms with van der Waals surface area (Å²) in [5, 5.41) is 3.37. The second-order valence-corrected chi connectivity index (χ2v) is 5.98. The molecule has 0 spiro atoms. The van der Waals surface area contributed by atoms with Gasteiger partial charge in [0, 0.05) is 11.7 Å². The van der Waals surface area contributed by atoms with Gasteiger partial charge in [-0.1, -0.05) is 13.3 Å². The van der Waals surface area contributed by atoms with E-state index in [4.69, 9.17) is 0 Å². The third-order valence-electron chi connectivity index (χ3n) is 3.65. The first-order chi connectivity index (χ1) is 9.37. The lowest BCUT2D eigenvalue weighted by molar-refractivity contribution is -0.274. The Morgan fingerprint density at radius 2 is 2.10 bits per heavy atom. The average molecular weight is 352 g/mol. The van der Waals surface area contributed by atoms with Gasteiger partial charge in [0.1, 0.15) is 5.75 Å². The number of benzene rings is 1. The molecule has 1 aliphatic rings. The van der Waals surface area contributed by atoms with Crippen LogP contribution in [0.3, 0.4) is 0 Å². The number of hydrogen-bond acceptors (Lipinski definition) is 2. The SMILES string of the molecule is CCC1CCC(Nc2ccc(OC(F)(F)F)c(Br)c2)C1. The van der Waals surface area contributed by atoms with Crippen LogP contribution < -0.4 is 10.1 Å². The summed E-state index contributed by atoms with van der Waals surface area (Å²) in [6.45, 7) is 2.19.